The third-order valence-corrected chi connectivity index (χ3v) is 9.20. The van der Waals surface area contributed by atoms with Gasteiger partial charge >= 0.3 is 0 Å². The molecule has 0 aromatic heterocycles. The summed E-state index contributed by atoms with van der Waals surface area (Å²) in [5, 5.41) is 10.0. The van der Waals surface area contributed by atoms with Gasteiger partial charge in [0.2, 0.25) is 15.9 Å². The summed E-state index contributed by atoms with van der Waals surface area (Å²) >= 11 is 0. The maximum atomic E-state index is 13.7. The number of methoxy groups -OCH3 is 2. The normalized spacial score (nSPS) is 19.7. The number of aliphatic hydroxyl groups is 1. The minimum absolute atomic E-state index is 0.0257. The number of sulfonamides is 1. The first kappa shape index (κ1) is 28.3. The molecular formula is C27H37N3O7S. The van der Waals surface area contributed by atoms with E-state index in [1.807, 2.05) is 30.3 Å². The van der Waals surface area contributed by atoms with E-state index < -0.39 is 10.0 Å². The smallest absolute Gasteiger partial charge is 0.243 e. The fraction of sp³-hybridized carbons (Fsp3) is 0.519. The minimum atomic E-state index is -3.91. The van der Waals surface area contributed by atoms with E-state index in [1.54, 1.807) is 18.0 Å². The zero-order chi connectivity index (χ0) is 27.3. The number of amides is 1. The molecule has 1 N–H and O–H groups in total. The summed E-state index contributed by atoms with van der Waals surface area (Å²) in [6.45, 7) is 2.98. The van der Waals surface area contributed by atoms with Gasteiger partial charge < -0.3 is 24.2 Å². The number of aliphatic hydroxyl groups excluding tert-OH is 1. The van der Waals surface area contributed by atoms with Gasteiger partial charge in [0.15, 0.2) is 11.5 Å². The molecule has 0 bridgehead atoms. The zero-order valence-electron chi connectivity index (χ0n) is 22.2. The Kier molecular flexibility index (Phi) is 9.27. The first-order valence-corrected chi connectivity index (χ1v) is 14.2. The van der Waals surface area contributed by atoms with Crippen LogP contribution in [0.1, 0.15) is 23.6 Å². The van der Waals surface area contributed by atoms with Gasteiger partial charge in [0.1, 0.15) is 0 Å². The topological polar surface area (TPSA) is 109 Å². The summed E-state index contributed by atoms with van der Waals surface area (Å²) in [5.41, 5.74) is 1.31. The molecule has 0 radical (unpaired) electrons. The van der Waals surface area contributed by atoms with Crippen LogP contribution in [0.5, 0.6) is 11.5 Å². The van der Waals surface area contributed by atoms with E-state index in [4.69, 9.17) is 14.2 Å². The van der Waals surface area contributed by atoms with E-state index in [-0.39, 0.29) is 48.2 Å². The number of benzene rings is 2. The highest BCUT2D eigenvalue weighted by molar-refractivity contribution is 7.89. The molecule has 2 fully saturated rings. The molecule has 2 aromatic rings. The van der Waals surface area contributed by atoms with Gasteiger partial charge in [-0.2, -0.15) is 4.31 Å². The van der Waals surface area contributed by atoms with Crippen molar-refractivity contribution in [2.45, 2.75) is 29.9 Å². The second-order valence-corrected chi connectivity index (χ2v) is 11.5. The van der Waals surface area contributed by atoms with Gasteiger partial charge in [-0.1, -0.05) is 30.3 Å². The monoisotopic (exact) mass is 547 g/mol. The maximum Gasteiger partial charge on any atom is 0.243 e. The molecule has 0 unspecified atom stereocenters. The van der Waals surface area contributed by atoms with Crippen molar-refractivity contribution < 1.29 is 32.5 Å². The molecule has 208 valence electrons. The third kappa shape index (κ3) is 6.29. The zero-order valence-corrected chi connectivity index (χ0v) is 23.0. The number of morpholine rings is 1. The van der Waals surface area contributed by atoms with Crippen LogP contribution in [0.4, 0.5) is 0 Å². The van der Waals surface area contributed by atoms with Crippen molar-refractivity contribution in [3.63, 3.8) is 0 Å². The molecule has 2 atom stereocenters. The summed E-state index contributed by atoms with van der Waals surface area (Å²) in [6.07, 6.45) is 0.196. The number of rotatable bonds is 10. The number of hydrogen-bond donors (Lipinski definition) is 1. The summed E-state index contributed by atoms with van der Waals surface area (Å²) in [7, 11) is 0.751. The van der Waals surface area contributed by atoms with Crippen LogP contribution in [0.3, 0.4) is 0 Å². The maximum absolute atomic E-state index is 13.7. The summed E-state index contributed by atoms with van der Waals surface area (Å²) in [6, 6.07) is 12.5. The van der Waals surface area contributed by atoms with E-state index in [0.717, 1.165) is 12.1 Å². The van der Waals surface area contributed by atoms with Gasteiger partial charge in [-0.25, -0.2) is 8.42 Å². The highest BCUT2D eigenvalue weighted by Crippen LogP contribution is 2.35. The van der Waals surface area contributed by atoms with Crippen molar-refractivity contribution >= 4 is 15.9 Å². The number of nitrogens with zero attached hydrogens (tertiary/aromatic N) is 3. The highest BCUT2D eigenvalue weighted by atomic mass is 32.2. The molecule has 10 nitrogen and oxygen atoms in total. The third-order valence-electron chi connectivity index (χ3n) is 7.22. The van der Waals surface area contributed by atoms with E-state index in [0.29, 0.717) is 44.0 Å². The second kappa shape index (κ2) is 12.4. The second-order valence-electron chi connectivity index (χ2n) is 9.64. The first-order chi connectivity index (χ1) is 18.2. The summed E-state index contributed by atoms with van der Waals surface area (Å²) < 4.78 is 44.9. The van der Waals surface area contributed by atoms with Crippen molar-refractivity contribution in [1.29, 1.82) is 0 Å². The SMILES string of the molecule is COc1cc(CC(=O)N(C)[C@H](CN2CC[C@H](O)C2)c2ccccc2)c(S(=O)(=O)N2CCOCC2)cc1OC. The molecule has 2 aliphatic rings. The predicted octanol–water partition coefficient (Wildman–Crippen LogP) is 1.53. The van der Waals surface area contributed by atoms with Gasteiger partial charge in [0.05, 0.1) is 50.9 Å². The van der Waals surface area contributed by atoms with Crippen molar-refractivity contribution in [2.75, 3.05) is 67.2 Å². The van der Waals surface area contributed by atoms with Crippen molar-refractivity contribution in [1.82, 2.24) is 14.1 Å². The number of ether oxygens (including phenoxy) is 3. The van der Waals surface area contributed by atoms with Crippen LogP contribution in [0, 0.1) is 0 Å². The van der Waals surface area contributed by atoms with Crippen LogP contribution in [-0.4, -0.2) is 107 Å². The van der Waals surface area contributed by atoms with E-state index in [9.17, 15) is 18.3 Å². The minimum Gasteiger partial charge on any atom is -0.493 e. The van der Waals surface area contributed by atoms with Gasteiger partial charge in [0.25, 0.3) is 0 Å². The summed E-state index contributed by atoms with van der Waals surface area (Å²) in [5.74, 6) is 0.396. The Balaban J connectivity index is 1.65. The molecule has 4 rings (SSSR count). The lowest BCUT2D eigenvalue weighted by atomic mass is 10.0. The Labute approximate surface area is 224 Å². The molecule has 0 saturated carbocycles. The van der Waals surface area contributed by atoms with Crippen LogP contribution in [0.15, 0.2) is 47.4 Å². The van der Waals surface area contributed by atoms with E-state index >= 15 is 0 Å². The Bertz CT molecular complexity index is 1200. The Morgan fingerprint density at radius 3 is 2.37 bits per heavy atom. The molecule has 2 aromatic carbocycles. The molecule has 11 heteroatoms. The number of β-amino-alcohol motifs (C(OH)–C–C–N with tert-alkyl or cyclic N) is 1. The lowest BCUT2D eigenvalue weighted by Crippen LogP contribution is -2.41. The van der Waals surface area contributed by atoms with E-state index in [1.165, 1.54) is 24.6 Å². The number of hydrogen-bond acceptors (Lipinski definition) is 8. The average molecular weight is 548 g/mol. The van der Waals surface area contributed by atoms with Gasteiger partial charge in [0, 0.05) is 45.8 Å². The van der Waals surface area contributed by atoms with Crippen LogP contribution < -0.4 is 9.47 Å². The quantitative estimate of drug-likeness (QED) is 0.477. The predicted molar refractivity (Wildman–Crippen MR) is 142 cm³/mol. The first-order valence-electron chi connectivity index (χ1n) is 12.8. The summed E-state index contributed by atoms with van der Waals surface area (Å²) in [4.78, 5) is 17.6. The Morgan fingerprint density at radius 2 is 1.76 bits per heavy atom. The fourth-order valence-electron chi connectivity index (χ4n) is 5.02. The molecule has 1 amide bonds. The van der Waals surface area contributed by atoms with Crippen molar-refractivity contribution in [3.8, 4) is 11.5 Å². The van der Waals surface area contributed by atoms with Gasteiger partial charge in [-0.05, 0) is 23.6 Å². The average Bonchev–Trinajstić information content (AvgIpc) is 3.36. The van der Waals surface area contributed by atoms with E-state index in [2.05, 4.69) is 4.90 Å². The van der Waals surface area contributed by atoms with Gasteiger partial charge in [-0.3, -0.25) is 9.69 Å². The number of carbonyl (C=O) groups is 1. The van der Waals surface area contributed by atoms with Crippen LogP contribution >= 0.6 is 0 Å². The lowest BCUT2D eigenvalue weighted by Gasteiger charge is -2.32. The number of likely N-dealkylation sites (N-methyl/N-ethyl adjacent to an activating group) is 1. The fourth-order valence-corrected chi connectivity index (χ4v) is 6.64. The molecule has 38 heavy (non-hydrogen) atoms. The molecule has 0 spiro atoms. The van der Waals surface area contributed by atoms with Crippen LogP contribution in [0.2, 0.25) is 0 Å². The molecule has 0 aliphatic carbocycles. The number of likely N-dealkylation sites (tertiary alicyclic amines) is 1. The number of carbonyl (C=O) groups excluding carboxylic acids is 1. The van der Waals surface area contributed by atoms with Crippen molar-refractivity contribution in [2.24, 2.45) is 0 Å². The molecular weight excluding hydrogens is 510 g/mol. The van der Waals surface area contributed by atoms with Gasteiger partial charge in [-0.15, -0.1) is 0 Å². The van der Waals surface area contributed by atoms with Crippen LogP contribution in [0.25, 0.3) is 0 Å². The highest BCUT2D eigenvalue weighted by Gasteiger charge is 2.33. The van der Waals surface area contributed by atoms with Crippen LogP contribution in [-0.2, 0) is 26.0 Å². The lowest BCUT2D eigenvalue weighted by molar-refractivity contribution is -0.131. The molecule has 2 heterocycles. The largest absolute Gasteiger partial charge is 0.493 e. The standard InChI is InChI=1S/C27H37N3O7S/c1-28(23(20-7-5-4-6-8-20)19-29-10-9-22(31)18-29)27(32)16-21-15-24(35-2)25(36-3)17-26(21)38(33,34)30-11-13-37-14-12-30/h4-8,15,17,22-23,31H,9-14,16,18-19H2,1-3H3/t22-,23+/m0/s1. The molecule has 2 aliphatic heterocycles. The Morgan fingerprint density at radius 1 is 1.11 bits per heavy atom. The van der Waals surface area contributed by atoms with Crippen molar-refractivity contribution in [3.05, 3.63) is 53.6 Å². The Hall–Kier alpha value is -2.70. The molecule has 2 saturated heterocycles.